The Morgan fingerprint density at radius 1 is 1.20 bits per heavy atom. The van der Waals surface area contributed by atoms with Crippen molar-refractivity contribution in [2.75, 3.05) is 6.61 Å². The molecule has 4 fully saturated rings. The standard InChI is InChI=1S/C28H35BFNO4/c1-18-10-11-21(30)22(14-18)33-13-12-26(32)31-25(15-19-8-6-5-7-9-19)29-34-24-17-20-16-23(27(20,2)3)28(24,4)35-29/h5-11,14,20,23-25H,12-13,15-17H2,1-4H3,(H,31,32)/t20-,23-,24+,25-,28-/m0/s1. The van der Waals surface area contributed by atoms with Gasteiger partial charge in [-0.2, -0.15) is 0 Å². The Balaban J connectivity index is 1.25. The number of rotatable bonds is 8. The zero-order valence-electron chi connectivity index (χ0n) is 21.1. The smallest absolute Gasteiger partial charge is 0.482 e. The molecule has 186 valence electrons. The Kier molecular flexibility index (Phi) is 6.43. The van der Waals surface area contributed by atoms with Gasteiger partial charge in [-0.15, -0.1) is 0 Å². The van der Waals surface area contributed by atoms with Gasteiger partial charge in [0.1, 0.15) is 0 Å². The molecule has 7 heteroatoms. The van der Waals surface area contributed by atoms with Gasteiger partial charge in [-0.05, 0) is 73.6 Å². The van der Waals surface area contributed by atoms with Crippen LogP contribution < -0.4 is 10.1 Å². The van der Waals surface area contributed by atoms with Gasteiger partial charge in [0.05, 0.1) is 30.7 Å². The second-order valence-corrected chi connectivity index (χ2v) is 11.2. The first-order chi connectivity index (χ1) is 16.7. The monoisotopic (exact) mass is 479 g/mol. The summed E-state index contributed by atoms with van der Waals surface area (Å²) in [5.41, 5.74) is 1.92. The molecule has 2 bridgehead atoms. The minimum absolute atomic E-state index is 0.0482. The molecule has 1 amide bonds. The fraction of sp³-hybridized carbons (Fsp3) is 0.536. The van der Waals surface area contributed by atoms with Gasteiger partial charge in [-0.25, -0.2) is 4.39 Å². The maximum Gasteiger partial charge on any atom is 0.482 e. The predicted molar refractivity (Wildman–Crippen MR) is 133 cm³/mol. The molecule has 3 saturated carbocycles. The molecule has 35 heavy (non-hydrogen) atoms. The van der Waals surface area contributed by atoms with E-state index in [9.17, 15) is 9.18 Å². The maximum absolute atomic E-state index is 14.0. The number of halogens is 1. The first-order valence-corrected chi connectivity index (χ1v) is 12.7. The number of nitrogens with one attached hydrogen (secondary N) is 1. The van der Waals surface area contributed by atoms with Crippen LogP contribution in [0.15, 0.2) is 48.5 Å². The largest absolute Gasteiger partial charge is 0.490 e. The van der Waals surface area contributed by atoms with E-state index in [1.165, 1.54) is 12.5 Å². The van der Waals surface area contributed by atoms with Crippen molar-refractivity contribution in [2.24, 2.45) is 17.3 Å². The first kappa shape index (κ1) is 24.3. The van der Waals surface area contributed by atoms with Crippen molar-refractivity contribution in [1.82, 2.24) is 5.32 Å². The SMILES string of the molecule is Cc1ccc(F)c(OCCC(=O)N[C@@H](Cc2ccccc2)B2O[C@@H]3C[C@@H]4C[C@@H](C4(C)C)[C@]3(C)O2)c1. The summed E-state index contributed by atoms with van der Waals surface area (Å²) < 4.78 is 32.7. The van der Waals surface area contributed by atoms with Crippen molar-refractivity contribution in [1.29, 1.82) is 0 Å². The number of aryl methyl sites for hydroxylation is 1. The summed E-state index contributed by atoms with van der Waals surface area (Å²) in [6.07, 6.45) is 2.94. The van der Waals surface area contributed by atoms with E-state index in [2.05, 4.69) is 26.1 Å². The van der Waals surface area contributed by atoms with Gasteiger partial charge in [0.2, 0.25) is 5.91 Å². The van der Waals surface area contributed by atoms with Crippen molar-refractivity contribution in [3.05, 3.63) is 65.5 Å². The molecule has 1 saturated heterocycles. The Bertz CT molecular complexity index is 1080. The van der Waals surface area contributed by atoms with Gasteiger partial charge in [0, 0.05) is 0 Å². The highest BCUT2D eigenvalue weighted by Crippen LogP contribution is 2.65. The van der Waals surface area contributed by atoms with Gasteiger partial charge in [0.25, 0.3) is 0 Å². The lowest BCUT2D eigenvalue weighted by atomic mass is 9.43. The molecule has 6 rings (SSSR count). The highest BCUT2D eigenvalue weighted by atomic mass is 19.1. The Morgan fingerprint density at radius 2 is 1.97 bits per heavy atom. The van der Waals surface area contributed by atoms with Crippen molar-refractivity contribution in [3.63, 3.8) is 0 Å². The fourth-order valence-corrected chi connectivity index (χ4v) is 6.41. The molecule has 2 aromatic carbocycles. The summed E-state index contributed by atoms with van der Waals surface area (Å²) in [6, 6.07) is 14.8. The van der Waals surface area contributed by atoms with Crippen LogP contribution in [-0.4, -0.2) is 37.3 Å². The van der Waals surface area contributed by atoms with Gasteiger partial charge >= 0.3 is 7.12 Å². The number of ether oxygens (including phenoxy) is 1. The zero-order chi connectivity index (χ0) is 24.8. The van der Waals surface area contributed by atoms with Crippen LogP contribution in [0, 0.1) is 30.0 Å². The molecule has 3 aliphatic carbocycles. The molecule has 0 radical (unpaired) electrons. The topological polar surface area (TPSA) is 56.8 Å². The summed E-state index contributed by atoms with van der Waals surface area (Å²) in [4.78, 5) is 12.9. The summed E-state index contributed by atoms with van der Waals surface area (Å²) in [5, 5.41) is 3.13. The average Bonchev–Trinajstić information content (AvgIpc) is 3.18. The summed E-state index contributed by atoms with van der Waals surface area (Å²) in [6.45, 7) is 8.83. The van der Waals surface area contributed by atoms with E-state index in [0.717, 1.165) is 17.5 Å². The van der Waals surface area contributed by atoms with Crippen LogP contribution in [0.5, 0.6) is 5.75 Å². The van der Waals surface area contributed by atoms with Crippen molar-refractivity contribution >= 4 is 13.0 Å². The molecular weight excluding hydrogens is 444 g/mol. The third-order valence-electron chi connectivity index (χ3n) is 8.62. The number of hydrogen-bond acceptors (Lipinski definition) is 4. The summed E-state index contributed by atoms with van der Waals surface area (Å²) >= 11 is 0. The minimum atomic E-state index is -0.514. The molecule has 0 spiro atoms. The molecule has 2 aromatic rings. The van der Waals surface area contributed by atoms with E-state index >= 15 is 0 Å². The van der Waals surface area contributed by atoms with E-state index in [0.29, 0.717) is 18.3 Å². The van der Waals surface area contributed by atoms with E-state index in [1.807, 2.05) is 37.3 Å². The molecule has 1 N–H and O–H groups in total. The molecule has 1 heterocycles. The lowest BCUT2D eigenvalue weighted by molar-refractivity contribution is -0.199. The third kappa shape index (κ3) is 4.61. The normalized spacial score (nSPS) is 29.2. The van der Waals surface area contributed by atoms with Gasteiger partial charge in [-0.1, -0.05) is 50.2 Å². The second kappa shape index (κ2) is 9.25. The van der Waals surface area contributed by atoms with Gasteiger partial charge in [-0.3, -0.25) is 4.79 Å². The number of carbonyl (C=O) groups is 1. The Morgan fingerprint density at radius 3 is 2.71 bits per heavy atom. The van der Waals surface area contributed by atoms with Crippen LogP contribution in [0.3, 0.4) is 0 Å². The summed E-state index contributed by atoms with van der Waals surface area (Å²) in [5.74, 6) is 0.352. The number of hydrogen-bond donors (Lipinski definition) is 1. The van der Waals surface area contributed by atoms with Crippen LogP contribution in [-0.2, 0) is 20.5 Å². The molecular formula is C28H35BFNO4. The number of carbonyl (C=O) groups excluding carboxylic acids is 1. The zero-order valence-corrected chi connectivity index (χ0v) is 21.1. The maximum atomic E-state index is 14.0. The van der Waals surface area contributed by atoms with Crippen molar-refractivity contribution < 1.29 is 23.2 Å². The van der Waals surface area contributed by atoms with E-state index in [-0.39, 0.29) is 47.7 Å². The molecule has 1 aliphatic heterocycles. The second-order valence-electron chi connectivity index (χ2n) is 11.2. The Hall–Kier alpha value is -2.38. The molecule has 4 aliphatic rings. The lowest BCUT2D eigenvalue weighted by Crippen LogP contribution is -2.65. The molecule has 0 aromatic heterocycles. The van der Waals surface area contributed by atoms with Crippen LogP contribution in [0.4, 0.5) is 4.39 Å². The highest BCUT2D eigenvalue weighted by Gasteiger charge is 2.68. The molecule has 0 unspecified atom stereocenters. The van der Waals surface area contributed by atoms with Gasteiger partial charge in [0.15, 0.2) is 11.6 Å². The van der Waals surface area contributed by atoms with Gasteiger partial charge < -0.3 is 19.4 Å². The third-order valence-corrected chi connectivity index (χ3v) is 8.62. The molecule has 5 atom stereocenters. The van der Waals surface area contributed by atoms with E-state index in [4.69, 9.17) is 14.0 Å². The van der Waals surface area contributed by atoms with Crippen LogP contribution in [0.25, 0.3) is 0 Å². The predicted octanol–water partition coefficient (Wildman–Crippen LogP) is 4.90. The van der Waals surface area contributed by atoms with Crippen LogP contribution >= 0.6 is 0 Å². The fourth-order valence-electron chi connectivity index (χ4n) is 6.41. The van der Waals surface area contributed by atoms with Crippen molar-refractivity contribution in [2.45, 2.75) is 71.0 Å². The Labute approximate surface area is 207 Å². The number of amides is 1. The lowest BCUT2D eigenvalue weighted by Gasteiger charge is -2.64. The van der Waals surface area contributed by atoms with Crippen molar-refractivity contribution in [3.8, 4) is 5.75 Å². The average molecular weight is 479 g/mol. The highest BCUT2D eigenvalue weighted by molar-refractivity contribution is 6.48. The molecule has 5 nitrogen and oxygen atoms in total. The number of benzene rings is 2. The summed E-state index contributed by atoms with van der Waals surface area (Å²) in [7, 11) is -0.514. The quantitative estimate of drug-likeness (QED) is 0.548. The minimum Gasteiger partial charge on any atom is -0.490 e. The first-order valence-electron chi connectivity index (χ1n) is 12.7. The van der Waals surface area contributed by atoms with E-state index < -0.39 is 12.9 Å². The van der Waals surface area contributed by atoms with Crippen LogP contribution in [0.1, 0.15) is 51.2 Å². The van der Waals surface area contributed by atoms with Crippen LogP contribution in [0.2, 0.25) is 0 Å². The van der Waals surface area contributed by atoms with E-state index in [1.54, 1.807) is 12.1 Å².